The molecule has 1 saturated carbocycles. The van der Waals surface area contributed by atoms with Crippen molar-refractivity contribution in [1.29, 1.82) is 0 Å². The van der Waals surface area contributed by atoms with Gasteiger partial charge in [0.05, 0.1) is 5.70 Å². The standard InChI is InChI=1S/C30H32F3N3O4/c1-20(37)35-18-25(22-13-7-3-8-14-22)36(29(40)27(35)23-15-9-4-10-16-23)19-26(38)34-24(28(39)30(31,32)33)17-21-11-5-2-6-12-21/h2-3,5-8,11-14,18,23-24,27H,4,9-10,15-17,19H2,1H3,(H,34,38)/t24-,27-/m0/s1. The fourth-order valence-corrected chi connectivity index (χ4v) is 5.49. The van der Waals surface area contributed by atoms with Gasteiger partial charge in [-0.05, 0) is 29.9 Å². The van der Waals surface area contributed by atoms with Crippen LogP contribution in [0.25, 0.3) is 5.70 Å². The number of nitrogens with zero attached hydrogens (tertiary/aromatic N) is 2. The Bertz CT molecular complexity index is 1260. The Hall–Kier alpha value is -3.95. The predicted molar refractivity (Wildman–Crippen MR) is 142 cm³/mol. The highest BCUT2D eigenvalue weighted by Crippen LogP contribution is 2.36. The monoisotopic (exact) mass is 555 g/mol. The number of ketones is 1. The zero-order valence-electron chi connectivity index (χ0n) is 22.2. The lowest BCUT2D eigenvalue weighted by molar-refractivity contribution is -0.173. The van der Waals surface area contributed by atoms with Crippen molar-refractivity contribution in [3.63, 3.8) is 0 Å². The summed E-state index contributed by atoms with van der Waals surface area (Å²) in [6.45, 7) is 0.770. The second kappa shape index (κ2) is 12.5. The van der Waals surface area contributed by atoms with Crippen molar-refractivity contribution in [2.75, 3.05) is 6.54 Å². The number of halogens is 3. The van der Waals surface area contributed by atoms with E-state index in [0.29, 0.717) is 11.1 Å². The number of hydrogen-bond acceptors (Lipinski definition) is 4. The Kier molecular flexibility index (Phi) is 9.07. The molecule has 1 heterocycles. The van der Waals surface area contributed by atoms with Gasteiger partial charge in [-0.25, -0.2) is 0 Å². The summed E-state index contributed by atoms with van der Waals surface area (Å²) in [5.41, 5.74) is 1.28. The van der Waals surface area contributed by atoms with E-state index < -0.39 is 42.4 Å². The molecule has 10 heteroatoms. The smallest absolute Gasteiger partial charge is 0.344 e. The maximum Gasteiger partial charge on any atom is 0.452 e. The molecule has 2 aromatic carbocycles. The van der Waals surface area contributed by atoms with Crippen molar-refractivity contribution in [1.82, 2.24) is 15.1 Å². The van der Waals surface area contributed by atoms with E-state index in [4.69, 9.17) is 0 Å². The third kappa shape index (κ3) is 6.78. The van der Waals surface area contributed by atoms with Crippen LogP contribution in [0.5, 0.6) is 0 Å². The molecule has 40 heavy (non-hydrogen) atoms. The van der Waals surface area contributed by atoms with Gasteiger partial charge in [0.1, 0.15) is 18.6 Å². The minimum absolute atomic E-state index is 0.109. The molecule has 7 nitrogen and oxygen atoms in total. The minimum Gasteiger partial charge on any atom is -0.344 e. The molecule has 0 bridgehead atoms. The average Bonchev–Trinajstić information content (AvgIpc) is 2.94. The summed E-state index contributed by atoms with van der Waals surface area (Å²) in [6.07, 6.45) is 0.383. The quantitative estimate of drug-likeness (QED) is 0.521. The second-order valence-electron chi connectivity index (χ2n) is 10.2. The lowest BCUT2D eigenvalue weighted by atomic mass is 9.81. The van der Waals surface area contributed by atoms with Gasteiger partial charge < -0.3 is 10.2 Å². The van der Waals surface area contributed by atoms with E-state index in [0.717, 1.165) is 32.1 Å². The van der Waals surface area contributed by atoms with E-state index >= 15 is 0 Å². The zero-order valence-corrected chi connectivity index (χ0v) is 22.2. The number of Topliss-reactive ketones (excluding diaryl/α,β-unsaturated/α-hetero) is 1. The fraction of sp³-hybridized carbons (Fsp3) is 0.400. The molecule has 2 aliphatic rings. The molecule has 0 radical (unpaired) electrons. The SMILES string of the molecule is CC(=O)N1C=C(c2ccccc2)N(CC(=O)N[C@@H](Cc2ccccc2)C(=O)C(F)(F)F)C(=O)[C@@H]1C1CCCCC1. The lowest BCUT2D eigenvalue weighted by Crippen LogP contribution is -2.58. The second-order valence-corrected chi connectivity index (χ2v) is 10.2. The summed E-state index contributed by atoms with van der Waals surface area (Å²) in [7, 11) is 0. The molecule has 1 fully saturated rings. The normalized spacial score (nSPS) is 19.1. The number of benzene rings is 2. The number of hydrogen-bond donors (Lipinski definition) is 1. The van der Waals surface area contributed by atoms with E-state index in [1.807, 2.05) is 0 Å². The largest absolute Gasteiger partial charge is 0.452 e. The Labute approximate surface area is 231 Å². The van der Waals surface area contributed by atoms with Crippen molar-refractivity contribution >= 4 is 29.2 Å². The van der Waals surface area contributed by atoms with Crippen molar-refractivity contribution in [3.8, 4) is 0 Å². The topological polar surface area (TPSA) is 86.8 Å². The van der Waals surface area contributed by atoms with Crippen LogP contribution in [0, 0.1) is 5.92 Å². The van der Waals surface area contributed by atoms with Crippen LogP contribution in [0.1, 0.15) is 50.2 Å². The highest BCUT2D eigenvalue weighted by Gasteiger charge is 2.45. The van der Waals surface area contributed by atoms with Crippen LogP contribution in [-0.4, -0.2) is 58.1 Å². The van der Waals surface area contributed by atoms with Crippen molar-refractivity contribution in [2.24, 2.45) is 5.92 Å². The van der Waals surface area contributed by atoms with E-state index in [1.54, 1.807) is 66.9 Å². The number of amides is 3. The minimum atomic E-state index is -5.16. The molecule has 1 N–H and O–H groups in total. The van der Waals surface area contributed by atoms with Gasteiger partial charge in [0.25, 0.3) is 11.7 Å². The van der Waals surface area contributed by atoms with Gasteiger partial charge in [0.15, 0.2) is 0 Å². The zero-order chi connectivity index (χ0) is 28.9. The summed E-state index contributed by atoms with van der Waals surface area (Å²) in [5, 5.41) is 2.23. The molecule has 0 spiro atoms. The van der Waals surface area contributed by atoms with Crippen molar-refractivity contribution in [2.45, 2.75) is 63.7 Å². The first-order chi connectivity index (χ1) is 19.1. The lowest BCUT2D eigenvalue weighted by Gasteiger charge is -2.43. The van der Waals surface area contributed by atoms with Crippen molar-refractivity contribution < 1.29 is 32.3 Å². The average molecular weight is 556 g/mol. The molecular weight excluding hydrogens is 523 g/mol. The molecule has 1 aliphatic carbocycles. The van der Waals surface area contributed by atoms with Crippen LogP contribution in [0.2, 0.25) is 0 Å². The van der Waals surface area contributed by atoms with Gasteiger partial charge in [-0.15, -0.1) is 0 Å². The molecule has 0 aromatic heterocycles. The summed E-state index contributed by atoms with van der Waals surface area (Å²) >= 11 is 0. The number of nitrogens with one attached hydrogen (secondary N) is 1. The number of rotatable bonds is 8. The van der Waals surface area contributed by atoms with Crippen LogP contribution in [0.15, 0.2) is 66.9 Å². The molecule has 2 atom stereocenters. The Morgan fingerprint density at radius 2 is 1.55 bits per heavy atom. The van der Waals surface area contributed by atoms with Gasteiger partial charge >= 0.3 is 6.18 Å². The van der Waals surface area contributed by atoms with Gasteiger partial charge in [-0.2, -0.15) is 13.2 Å². The Balaban J connectivity index is 1.65. The third-order valence-corrected chi connectivity index (χ3v) is 7.42. The van der Waals surface area contributed by atoms with Crippen LogP contribution < -0.4 is 5.32 Å². The van der Waals surface area contributed by atoms with Crippen LogP contribution in [0.3, 0.4) is 0 Å². The maximum absolute atomic E-state index is 14.0. The summed E-state index contributed by atoms with van der Waals surface area (Å²) in [5.74, 6) is -3.88. The maximum atomic E-state index is 14.0. The molecule has 0 unspecified atom stereocenters. The molecule has 1 aliphatic heterocycles. The van der Waals surface area contributed by atoms with Gasteiger partial charge in [-0.1, -0.05) is 79.9 Å². The van der Waals surface area contributed by atoms with Crippen LogP contribution >= 0.6 is 0 Å². The first kappa shape index (κ1) is 29.0. The Morgan fingerprint density at radius 1 is 0.950 bits per heavy atom. The molecule has 212 valence electrons. The number of carbonyl (C=O) groups excluding carboxylic acids is 4. The number of carbonyl (C=O) groups is 4. The van der Waals surface area contributed by atoms with Crippen molar-refractivity contribution in [3.05, 3.63) is 78.0 Å². The highest BCUT2D eigenvalue weighted by atomic mass is 19.4. The van der Waals surface area contributed by atoms with Crippen LogP contribution in [-0.2, 0) is 25.6 Å². The third-order valence-electron chi connectivity index (χ3n) is 7.42. The fourth-order valence-electron chi connectivity index (χ4n) is 5.49. The summed E-state index contributed by atoms with van der Waals surface area (Å²) in [4.78, 5) is 54.8. The predicted octanol–water partition coefficient (Wildman–Crippen LogP) is 4.48. The van der Waals surface area contributed by atoms with Crippen LogP contribution in [0.4, 0.5) is 13.2 Å². The summed E-state index contributed by atoms with van der Waals surface area (Å²) in [6, 6.07) is 14.1. The molecule has 4 rings (SSSR count). The van der Waals surface area contributed by atoms with E-state index in [-0.39, 0.29) is 23.9 Å². The molecule has 3 amide bonds. The first-order valence-electron chi connectivity index (χ1n) is 13.4. The summed E-state index contributed by atoms with van der Waals surface area (Å²) < 4.78 is 40.3. The first-order valence-corrected chi connectivity index (χ1v) is 13.4. The molecular formula is C30H32F3N3O4. The van der Waals surface area contributed by atoms with E-state index in [1.165, 1.54) is 16.7 Å². The van der Waals surface area contributed by atoms with Gasteiger partial charge in [0.2, 0.25) is 11.8 Å². The molecule has 0 saturated heterocycles. The highest BCUT2D eigenvalue weighted by molar-refractivity contribution is 6.00. The molecule has 2 aromatic rings. The number of alkyl halides is 3. The van der Waals surface area contributed by atoms with Gasteiger partial charge in [0, 0.05) is 19.5 Å². The van der Waals surface area contributed by atoms with E-state index in [9.17, 15) is 32.3 Å². The van der Waals surface area contributed by atoms with Gasteiger partial charge in [-0.3, -0.25) is 24.1 Å². The van der Waals surface area contributed by atoms with E-state index in [2.05, 4.69) is 5.32 Å². The Morgan fingerprint density at radius 3 is 2.12 bits per heavy atom.